The molecule has 118 valence electrons. The summed E-state index contributed by atoms with van der Waals surface area (Å²) in [6, 6.07) is 5.73. The molecule has 3 rings (SSSR count). The number of thiocarbonyl (C=S) groups is 1. The van der Waals surface area contributed by atoms with Gasteiger partial charge in [-0.1, -0.05) is 0 Å². The fourth-order valence-corrected chi connectivity index (χ4v) is 2.50. The highest BCUT2D eigenvalue weighted by Gasteiger charge is 2.15. The minimum Gasteiger partial charge on any atom is -0.454 e. The van der Waals surface area contributed by atoms with Crippen LogP contribution in [0.2, 0.25) is 0 Å². The minimum absolute atomic E-state index is 0.249. The van der Waals surface area contributed by atoms with Crippen molar-refractivity contribution in [3.63, 3.8) is 0 Å². The first-order chi connectivity index (χ1) is 10.7. The first-order valence-corrected chi connectivity index (χ1v) is 7.73. The van der Waals surface area contributed by atoms with Gasteiger partial charge in [-0.25, -0.2) is 0 Å². The maximum Gasteiger partial charge on any atom is 0.231 e. The monoisotopic (exact) mass is 321 g/mol. The molecule has 0 amide bonds. The number of rotatable bonds is 4. The molecule has 1 atom stereocenters. The summed E-state index contributed by atoms with van der Waals surface area (Å²) in [5, 5.41) is 7.90. The van der Waals surface area contributed by atoms with Gasteiger partial charge in [0, 0.05) is 18.7 Å². The van der Waals surface area contributed by atoms with Crippen LogP contribution in [0.1, 0.15) is 25.3 Å². The molecule has 0 saturated carbocycles. The van der Waals surface area contributed by atoms with E-state index in [1.165, 1.54) is 0 Å². The van der Waals surface area contributed by atoms with Crippen molar-refractivity contribution < 1.29 is 14.2 Å². The number of benzene rings is 1. The van der Waals surface area contributed by atoms with Gasteiger partial charge >= 0.3 is 0 Å². The van der Waals surface area contributed by atoms with Crippen LogP contribution in [0.3, 0.4) is 0 Å². The van der Waals surface area contributed by atoms with Gasteiger partial charge in [-0.3, -0.25) is 5.43 Å². The molecule has 0 radical (unpaired) electrons. The Balaban J connectivity index is 1.51. The second-order valence-corrected chi connectivity index (χ2v) is 5.63. The quantitative estimate of drug-likeness (QED) is 0.501. The topological polar surface area (TPSA) is 64.1 Å². The Morgan fingerprint density at radius 2 is 2.23 bits per heavy atom. The summed E-state index contributed by atoms with van der Waals surface area (Å²) >= 11 is 5.21. The van der Waals surface area contributed by atoms with Gasteiger partial charge in [0.05, 0.1) is 11.8 Å². The summed E-state index contributed by atoms with van der Waals surface area (Å²) in [7, 11) is 0. The minimum atomic E-state index is 0.249. The van der Waals surface area contributed by atoms with Crippen molar-refractivity contribution in [1.82, 2.24) is 10.7 Å². The maximum atomic E-state index is 5.53. The van der Waals surface area contributed by atoms with Crippen LogP contribution in [0, 0.1) is 0 Å². The number of hydrogen-bond acceptors (Lipinski definition) is 5. The van der Waals surface area contributed by atoms with E-state index in [2.05, 4.69) is 15.8 Å². The molecule has 2 aliphatic rings. The average molecular weight is 321 g/mol. The van der Waals surface area contributed by atoms with Gasteiger partial charge in [-0.15, -0.1) is 0 Å². The van der Waals surface area contributed by atoms with E-state index in [9.17, 15) is 0 Å². The lowest BCUT2D eigenvalue weighted by atomic mass is 10.1. The number of fused-ring (bicyclic) bond motifs is 1. The lowest BCUT2D eigenvalue weighted by Crippen LogP contribution is -2.37. The molecule has 0 aliphatic carbocycles. The summed E-state index contributed by atoms with van der Waals surface area (Å²) in [6.45, 7) is 3.73. The molecule has 1 fully saturated rings. The third-order valence-corrected chi connectivity index (χ3v) is 3.87. The van der Waals surface area contributed by atoms with Crippen molar-refractivity contribution in [3.8, 4) is 11.5 Å². The molecular formula is C15H19N3O3S. The third-order valence-electron chi connectivity index (χ3n) is 3.63. The van der Waals surface area contributed by atoms with E-state index in [4.69, 9.17) is 26.4 Å². The summed E-state index contributed by atoms with van der Waals surface area (Å²) in [6.07, 6.45) is 2.45. The van der Waals surface area contributed by atoms with Gasteiger partial charge < -0.3 is 19.5 Å². The van der Waals surface area contributed by atoms with Gasteiger partial charge in [0.15, 0.2) is 16.6 Å². The largest absolute Gasteiger partial charge is 0.454 e. The van der Waals surface area contributed by atoms with E-state index >= 15 is 0 Å². The molecule has 2 heterocycles. The lowest BCUT2D eigenvalue weighted by Gasteiger charge is -2.12. The van der Waals surface area contributed by atoms with Crippen LogP contribution in [0.25, 0.3) is 0 Å². The molecule has 0 spiro atoms. The highest BCUT2D eigenvalue weighted by molar-refractivity contribution is 7.80. The molecule has 2 aliphatic heterocycles. The third kappa shape index (κ3) is 3.66. The van der Waals surface area contributed by atoms with Crippen molar-refractivity contribution in [2.24, 2.45) is 5.10 Å². The van der Waals surface area contributed by atoms with Crippen LogP contribution in [-0.4, -0.2) is 36.9 Å². The Morgan fingerprint density at radius 3 is 3.05 bits per heavy atom. The van der Waals surface area contributed by atoms with Crippen LogP contribution in [-0.2, 0) is 4.74 Å². The smallest absolute Gasteiger partial charge is 0.231 e. The summed E-state index contributed by atoms with van der Waals surface area (Å²) < 4.78 is 16.2. The lowest BCUT2D eigenvalue weighted by molar-refractivity contribution is 0.114. The molecular weight excluding hydrogens is 302 g/mol. The van der Waals surface area contributed by atoms with Crippen molar-refractivity contribution in [2.75, 3.05) is 19.9 Å². The fraction of sp³-hybridized carbons (Fsp3) is 0.467. The Labute approximate surface area is 134 Å². The van der Waals surface area contributed by atoms with Gasteiger partial charge in [0.25, 0.3) is 0 Å². The zero-order valence-electron chi connectivity index (χ0n) is 12.4. The predicted molar refractivity (Wildman–Crippen MR) is 87.5 cm³/mol. The first-order valence-electron chi connectivity index (χ1n) is 7.32. The van der Waals surface area contributed by atoms with Crippen LogP contribution >= 0.6 is 12.2 Å². The summed E-state index contributed by atoms with van der Waals surface area (Å²) in [5.41, 5.74) is 4.63. The van der Waals surface area contributed by atoms with Crippen molar-refractivity contribution in [3.05, 3.63) is 23.8 Å². The van der Waals surface area contributed by atoms with Crippen molar-refractivity contribution in [2.45, 2.75) is 25.9 Å². The van der Waals surface area contributed by atoms with E-state index in [0.29, 0.717) is 11.7 Å². The second-order valence-electron chi connectivity index (χ2n) is 5.22. The van der Waals surface area contributed by atoms with Crippen LogP contribution in [0.4, 0.5) is 0 Å². The van der Waals surface area contributed by atoms with Crippen molar-refractivity contribution >= 4 is 23.0 Å². The highest BCUT2D eigenvalue weighted by Crippen LogP contribution is 2.32. The van der Waals surface area contributed by atoms with E-state index in [-0.39, 0.29) is 12.9 Å². The van der Waals surface area contributed by atoms with Crippen LogP contribution in [0.15, 0.2) is 23.3 Å². The Hall–Kier alpha value is -1.86. The molecule has 1 saturated heterocycles. The normalized spacial score (nSPS) is 20.0. The molecule has 22 heavy (non-hydrogen) atoms. The highest BCUT2D eigenvalue weighted by atomic mass is 32.1. The van der Waals surface area contributed by atoms with Gasteiger partial charge in [0.2, 0.25) is 6.79 Å². The van der Waals surface area contributed by atoms with E-state index < -0.39 is 0 Å². The Bertz CT molecular complexity index is 585. The molecule has 0 bridgehead atoms. The van der Waals surface area contributed by atoms with E-state index in [1.807, 2.05) is 25.1 Å². The van der Waals surface area contributed by atoms with E-state index in [1.54, 1.807) is 0 Å². The fourth-order valence-electron chi connectivity index (χ4n) is 2.37. The predicted octanol–water partition coefficient (Wildman–Crippen LogP) is 1.78. The van der Waals surface area contributed by atoms with Crippen LogP contribution in [0.5, 0.6) is 11.5 Å². The first kappa shape index (κ1) is 15.1. The number of nitrogens with zero attached hydrogens (tertiary/aromatic N) is 1. The molecule has 0 unspecified atom stereocenters. The second kappa shape index (κ2) is 6.93. The molecule has 7 heteroatoms. The zero-order chi connectivity index (χ0) is 15.4. The standard InChI is InChI=1S/C15H19N3O3S/c1-10(11-4-5-13-14(7-11)21-9-20-13)17-18-15(22)16-8-12-3-2-6-19-12/h4-5,7,12H,2-3,6,8-9H2,1H3,(H2,16,18,22)/t12-/m1/s1. The molecule has 2 N–H and O–H groups in total. The van der Waals surface area contributed by atoms with Crippen molar-refractivity contribution in [1.29, 1.82) is 0 Å². The Morgan fingerprint density at radius 1 is 1.36 bits per heavy atom. The average Bonchev–Trinajstić information content (AvgIpc) is 3.20. The summed E-state index contributed by atoms with van der Waals surface area (Å²) in [5.74, 6) is 1.50. The molecule has 6 nitrogen and oxygen atoms in total. The van der Waals surface area contributed by atoms with E-state index in [0.717, 1.165) is 42.2 Å². The van der Waals surface area contributed by atoms with Gasteiger partial charge in [0.1, 0.15) is 0 Å². The molecule has 1 aromatic rings. The molecule has 1 aromatic carbocycles. The van der Waals surface area contributed by atoms with Gasteiger partial charge in [-0.2, -0.15) is 5.10 Å². The SMILES string of the molecule is CC(=NNC(=S)NC[C@H]1CCCO1)c1ccc2c(c1)OCO2. The number of ether oxygens (including phenoxy) is 3. The van der Waals surface area contributed by atoms with Crippen LogP contribution < -0.4 is 20.2 Å². The summed E-state index contributed by atoms with van der Waals surface area (Å²) in [4.78, 5) is 0. The number of nitrogens with one attached hydrogen (secondary N) is 2. The molecule has 0 aromatic heterocycles. The zero-order valence-corrected chi connectivity index (χ0v) is 13.2. The van der Waals surface area contributed by atoms with Gasteiger partial charge in [-0.05, 0) is 50.2 Å². The Kier molecular flexibility index (Phi) is 4.74. The number of hydrogen-bond donors (Lipinski definition) is 2. The number of hydrazone groups is 1. The maximum absolute atomic E-state index is 5.53.